The Morgan fingerprint density at radius 3 is 1.84 bits per heavy atom. The molecule has 0 aliphatic rings. The maximum Gasteiger partial charge on any atom is 0.137 e. The number of rotatable bonds is 8. The molecule has 0 saturated carbocycles. The van der Waals surface area contributed by atoms with E-state index in [1.165, 1.54) is 12.1 Å². The van der Waals surface area contributed by atoms with E-state index >= 15 is 0 Å². The summed E-state index contributed by atoms with van der Waals surface area (Å²) in [5.74, 6) is 1.18. The van der Waals surface area contributed by atoms with E-state index in [1.807, 2.05) is 13.8 Å². The predicted molar refractivity (Wildman–Crippen MR) is 133 cm³/mol. The Hall–Kier alpha value is -1.45. The standard InChI is InChI=1S/C12H16Cl2O.C12H17FO.C2H6/c1-3-8(2)4-5-9-6-10(13)7-11(14)12(9)15;1-3-9(2)4-5-10-6-7-11(13)8-12(10)14;1-2/h6-8,15H,3-5H2,1-2H3;6-9,14H,3-5H2,1-2H3;1-2H3. The van der Waals surface area contributed by atoms with E-state index < -0.39 is 0 Å². The molecule has 2 nitrogen and oxygen atoms in total. The van der Waals surface area contributed by atoms with Gasteiger partial charge >= 0.3 is 0 Å². The zero-order valence-corrected chi connectivity index (χ0v) is 21.3. The number of phenols is 2. The van der Waals surface area contributed by atoms with Crippen molar-refractivity contribution >= 4 is 23.2 Å². The fourth-order valence-corrected chi connectivity index (χ4v) is 3.31. The van der Waals surface area contributed by atoms with E-state index in [0.717, 1.165) is 49.7 Å². The molecule has 0 spiro atoms. The van der Waals surface area contributed by atoms with Crippen LogP contribution in [0.3, 0.4) is 0 Å². The van der Waals surface area contributed by atoms with Crippen LogP contribution in [0.4, 0.5) is 4.39 Å². The highest BCUT2D eigenvalue weighted by Gasteiger charge is 2.09. The van der Waals surface area contributed by atoms with E-state index in [-0.39, 0.29) is 17.3 Å². The van der Waals surface area contributed by atoms with Crippen molar-refractivity contribution in [3.05, 3.63) is 57.3 Å². The molecule has 0 saturated heterocycles. The Balaban J connectivity index is 0.000000539. The molecule has 2 atom stereocenters. The van der Waals surface area contributed by atoms with Gasteiger partial charge in [0, 0.05) is 11.1 Å². The Labute approximate surface area is 198 Å². The summed E-state index contributed by atoms with van der Waals surface area (Å²) in [7, 11) is 0. The molecular weight excluding hydrogens is 434 g/mol. The molecule has 2 aromatic carbocycles. The summed E-state index contributed by atoms with van der Waals surface area (Å²) in [5, 5.41) is 20.1. The average Bonchev–Trinajstić information content (AvgIpc) is 2.75. The summed E-state index contributed by atoms with van der Waals surface area (Å²) in [6.07, 6.45) is 6.01. The first-order chi connectivity index (χ1) is 14.7. The Morgan fingerprint density at radius 1 is 0.839 bits per heavy atom. The van der Waals surface area contributed by atoms with Crippen molar-refractivity contribution < 1.29 is 14.6 Å². The molecular formula is C26H39Cl2FO2. The number of benzene rings is 2. The van der Waals surface area contributed by atoms with Gasteiger partial charge in [-0.1, -0.05) is 83.7 Å². The second-order valence-electron chi connectivity index (χ2n) is 7.77. The summed E-state index contributed by atoms with van der Waals surface area (Å²) in [4.78, 5) is 0. The van der Waals surface area contributed by atoms with Crippen LogP contribution in [0.2, 0.25) is 10.0 Å². The summed E-state index contributed by atoms with van der Waals surface area (Å²) >= 11 is 11.7. The topological polar surface area (TPSA) is 40.5 Å². The van der Waals surface area contributed by atoms with Gasteiger partial charge in [0.15, 0.2) is 0 Å². The van der Waals surface area contributed by atoms with Gasteiger partial charge in [0.05, 0.1) is 5.02 Å². The maximum atomic E-state index is 12.7. The predicted octanol–water partition coefficient (Wildman–Crippen LogP) is 9.21. The lowest BCUT2D eigenvalue weighted by molar-refractivity contribution is 0.453. The third-order valence-electron chi connectivity index (χ3n) is 5.36. The lowest BCUT2D eigenvalue weighted by Crippen LogP contribution is -1.96. The molecule has 2 rings (SSSR count). The van der Waals surface area contributed by atoms with E-state index in [2.05, 4.69) is 27.7 Å². The smallest absolute Gasteiger partial charge is 0.137 e. The fourth-order valence-electron chi connectivity index (χ4n) is 2.77. The van der Waals surface area contributed by atoms with Gasteiger partial charge in [-0.05, 0) is 66.8 Å². The normalized spacial score (nSPS) is 12.2. The lowest BCUT2D eigenvalue weighted by atomic mass is 9.98. The Bertz CT molecular complexity index is 765. The van der Waals surface area contributed by atoms with E-state index in [0.29, 0.717) is 21.9 Å². The van der Waals surface area contributed by atoms with Gasteiger partial charge in [-0.3, -0.25) is 0 Å². The number of halogens is 3. The van der Waals surface area contributed by atoms with Crippen molar-refractivity contribution in [1.82, 2.24) is 0 Å². The van der Waals surface area contributed by atoms with E-state index in [1.54, 1.807) is 18.2 Å². The first kappa shape index (κ1) is 29.5. The Kier molecular flexibility index (Phi) is 15.5. The van der Waals surface area contributed by atoms with Crippen LogP contribution in [-0.4, -0.2) is 10.2 Å². The highest BCUT2D eigenvalue weighted by atomic mass is 35.5. The Morgan fingerprint density at radius 2 is 1.35 bits per heavy atom. The van der Waals surface area contributed by atoms with Crippen molar-refractivity contribution in [2.75, 3.05) is 0 Å². The highest BCUT2D eigenvalue weighted by molar-refractivity contribution is 6.35. The quantitative estimate of drug-likeness (QED) is 0.401. The first-order valence-electron chi connectivity index (χ1n) is 11.3. The number of hydrogen-bond donors (Lipinski definition) is 2. The van der Waals surface area contributed by atoms with Gasteiger partial charge in [0.1, 0.15) is 17.3 Å². The molecule has 0 aliphatic heterocycles. The van der Waals surface area contributed by atoms with Crippen LogP contribution in [0.5, 0.6) is 11.5 Å². The SMILES string of the molecule is CC.CCC(C)CCc1cc(Cl)cc(Cl)c1O.CCC(C)CCc1ccc(F)cc1O. The average molecular weight is 474 g/mol. The monoisotopic (exact) mass is 472 g/mol. The minimum absolute atomic E-state index is 0.0771. The third kappa shape index (κ3) is 11.7. The van der Waals surface area contributed by atoms with Gasteiger partial charge in [-0.15, -0.1) is 0 Å². The summed E-state index contributed by atoms with van der Waals surface area (Å²) < 4.78 is 12.7. The molecule has 0 radical (unpaired) electrons. The van der Waals surface area contributed by atoms with Crippen LogP contribution in [0.1, 0.15) is 78.4 Å². The zero-order chi connectivity index (χ0) is 24.0. The fraction of sp³-hybridized carbons (Fsp3) is 0.538. The summed E-state index contributed by atoms with van der Waals surface area (Å²) in [5.41, 5.74) is 1.68. The van der Waals surface area contributed by atoms with Crippen molar-refractivity contribution in [3.63, 3.8) is 0 Å². The molecule has 2 aromatic rings. The maximum absolute atomic E-state index is 12.7. The van der Waals surface area contributed by atoms with Crippen molar-refractivity contribution in [1.29, 1.82) is 0 Å². The van der Waals surface area contributed by atoms with Gasteiger partial charge in [0.25, 0.3) is 0 Å². The molecule has 2 N–H and O–H groups in total. The van der Waals surface area contributed by atoms with Crippen LogP contribution >= 0.6 is 23.2 Å². The third-order valence-corrected chi connectivity index (χ3v) is 5.87. The molecule has 0 fully saturated rings. The van der Waals surface area contributed by atoms with Crippen molar-refractivity contribution in [2.24, 2.45) is 11.8 Å². The number of aryl methyl sites for hydroxylation is 2. The van der Waals surface area contributed by atoms with E-state index in [4.69, 9.17) is 23.2 Å². The van der Waals surface area contributed by atoms with Gasteiger partial charge in [0.2, 0.25) is 0 Å². The van der Waals surface area contributed by atoms with Crippen LogP contribution < -0.4 is 0 Å². The highest BCUT2D eigenvalue weighted by Crippen LogP contribution is 2.32. The second kappa shape index (κ2) is 16.2. The first-order valence-corrected chi connectivity index (χ1v) is 12.1. The van der Waals surface area contributed by atoms with Crippen LogP contribution in [0.25, 0.3) is 0 Å². The largest absolute Gasteiger partial charge is 0.508 e. The van der Waals surface area contributed by atoms with Crippen molar-refractivity contribution in [2.45, 2.75) is 80.1 Å². The second-order valence-corrected chi connectivity index (χ2v) is 8.62. The molecule has 0 amide bonds. The number of phenolic OH excluding ortho intramolecular Hbond substituents is 2. The van der Waals surface area contributed by atoms with Gasteiger partial charge < -0.3 is 10.2 Å². The molecule has 0 aliphatic carbocycles. The van der Waals surface area contributed by atoms with Gasteiger partial charge in [-0.25, -0.2) is 4.39 Å². The molecule has 31 heavy (non-hydrogen) atoms. The summed E-state index contributed by atoms with van der Waals surface area (Å²) in [6.45, 7) is 12.7. The zero-order valence-electron chi connectivity index (χ0n) is 19.8. The molecule has 0 bridgehead atoms. The van der Waals surface area contributed by atoms with Crippen LogP contribution in [0.15, 0.2) is 30.3 Å². The molecule has 0 heterocycles. The number of hydrogen-bond acceptors (Lipinski definition) is 2. The molecule has 2 unspecified atom stereocenters. The summed E-state index contributed by atoms with van der Waals surface area (Å²) in [6, 6.07) is 7.57. The molecule has 0 aromatic heterocycles. The number of aromatic hydroxyl groups is 2. The van der Waals surface area contributed by atoms with E-state index in [9.17, 15) is 14.6 Å². The minimum atomic E-state index is -0.380. The molecule has 5 heteroatoms. The van der Waals surface area contributed by atoms with Crippen LogP contribution in [0, 0.1) is 17.7 Å². The minimum Gasteiger partial charge on any atom is -0.508 e. The van der Waals surface area contributed by atoms with Gasteiger partial charge in [-0.2, -0.15) is 0 Å². The lowest BCUT2D eigenvalue weighted by Gasteiger charge is -2.10. The molecule has 176 valence electrons. The van der Waals surface area contributed by atoms with Crippen LogP contribution in [-0.2, 0) is 12.8 Å². The van der Waals surface area contributed by atoms with Crippen molar-refractivity contribution in [3.8, 4) is 11.5 Å².